The van der Waals surface area contributed by atoms with Crippen LogP contribution >= 0.6 is 0 Å². The van der Waals surface area contributed by atoms with Gasteiger partial charge in [-0.15, -0.1) is 0 Å². The van der Waals surface area contributed by atoms with Gasteiger partial charge in [-0.25, -0.2) is 0 Å². The molecule has 0 N–H and O–H groups in total. The summed E-state index contributed by atoms with van der Waals surface area (Å²) in [6.07, 6.45) is 4.49. The van der Waals surface area contributed by atoms with Crippen molar-refractivity contribution in [2.75, 3.05) is 13.1 Å². The van der Waals surface area contributed by atoms with Crippen molar-refractivity contribution in [2.45, 2.75) is 32.2 Å². The van der Waals surface area contributed by atoms with Crippen molar-refractivity contribution in [1.29, 1.82) is 0 Å². The molecule has 20 heavy (non-hydrogen) atoms. The Morgan fingerprint density at radius 3 is 2.85 bits per heavy atom. The van der Waals surface area contributed by atoms with E-state index in [1.54, 1.807) is 0 Å². The first-order chi connectivity index (χ1) is 9.74. The first-order valence-corrected chi connectivity index (χ1v) is 7.49. The Bertz CT molecular complexity index is 573. The Balaban J connectivity index is 1.71. The number of hydrogen-bond acceptors (Lipinski definition) is 2. The lowest BCUT2D eigenvalue weighted by atomic mass is 9.88. The topological polar surface area (TPSA) is 21.1 Å². The van der Waals surface area contributed by atoms with E-state index in [0.29, 0.717) is 5.92 Å². The highest BCUT2D eigenvalue weighted by Gasteiger charge is 2.22. The zero-order chi connectivity index (χ0) is 13.9. The third-order valence-electron chi connectivity index (χ3n) is 4.44. The second kappa shape index (κ2) is 5.80. The highest BCUT2D eigenvalue weighted by molar-refractivity contribution is 5.29. The molecule has 1 aliphatic rings. The van der Waals surface area contributed by atoms with Crippen molar-refractivity contribution in [3.8, 4) is 0 Å². The van der Waals surface area contributed by atoms with Crippen LogP contribution < -0.4 is 0 Å². The minimum Gasteiger partial charge on any atom is -0.297 e. The molecule has 3 nitrogen and oxygen atoms in total. The molecule has 1 aliphatic heterocycles. The lowest BCUT2D eigenvalue weighted by Crippen LogP contribution is -2.34. The number of hydrogen-bond donors (Lipinski definition) is 0. The molecule has 0 unspecified atom stereocenters. The lowest BCUT2D eigenvalue weighted by Gasteiger charge is -2.33. The average Bonchev–Trinajstić information content (AvgIpc) is 2.85. The van der Waals surface area contributed by atoms with Crippen LogP contribution in [0.2, 0.25) is 0 Å². The number of aryl methyl sites for hydroxylation is 2. The van der Waals surface area contributed by atoms with Crippen LogP contribution in [0.4, 0.5) is 0 Å². The van der Waals surface area contributed by atoms with Crippen molar-refractivity contribution in [3.05, 3.63) is 53.3 Å². The summed E-state index contributed by atoms with van der Waals surface area (Å²) in [5, 5.41) is 4.26. The lowest BCUT2D eigenvalue weighted by molar-refractivity contribution is 0.195. The molecule has 0 spiro atoms. The molecule has 1 aromatic heterocycles. The monoisotopic (exact) mass is 269 g/mol. The van der Waals surface area contributed by atoms with E-state index in [1.165, 1.54) is 36.2 Å². The summed E-state index contributed by atoms with van der Waals surface area (Å²) in [5.41, 5.74) is 4.26. The molecule has 1 aromatic carbocycles. The van der Waals surface area contributed by atoms with Crippen LogP contribution in [0.15, 0.2) is 36.5 Å². The maximum absolute atomic E-state index is 4.26. The van der Waals surface area contributed by atoms with Crippen LogP contribution in [0.3, 0.4) is 0 Å². The van der Waals surface area contributed by atoms with E-state index in [1.807, 2.05) is 17.9 Å². The number of rotatable bonds is 3. The summed E-state index contributed by atoms with van der Waals surface area (Å²) in [4.78, 5) is 2.57. The molecular weight excluding hydrogens is 246 g/mol. The zero-order valence-electron chi connectivity index (χ0n) is 12.4. The fourth-order valence-corrected chi connectivity index (χ4v) is 3.28. The number of piperidine rings is 1. The quantitative estimate of drug-likeness (QED) is 0.853. The Labute approximate surface area is 121 Å². The molecule has 2 heterocycles. The molecule has 3 heteroatoms. The van der Waals surface area contributed by atoms with Gasteiger partial charge < -0.3 is 0 Å². The van der Waals surface area contributed by atoms with E-state index in [4.69, 9.17) is 0 Å². The summed E-state index contributed by atoms with van der Waals surface area (Å²) in [5.74, 6) is 0.679. The van der Waals surface area contributed by atoms with Gasteiger partial charge in [0, 0.05) is 26.3 Å². The third kappa shape index (κ3) is 2.78. The van der Waals surface area contributed by atoms with Crippen LogP contribution in [0, 0.1) is 6.92 Å². The van der Waals surface area contributed by atoms with E-state index in [2.05, 4.69) is 47.3 Å². The van der Waals surface area contributed by atoms with E-state index in [0.717, 1.165) is 13.1 Å². The summed E-state index contributed by atoms with van der Waals surface area (Å²) in [6.45, 7) is 5.61. The maximum atomic E-state index is 4.26. The Kier molecular flexibility index (Phi) is 3.88. The SMILES string of the molecule is Cc1ccccc1[C@H]1CCCN(Cc2ccnn2C)C1. The van der Waals surface area contributed by atoms with Gasteiger partial charge in [0.15, 0.2) is 0 Å². The molecule has 1 fully saturated rings. The molecule has 2 aromatic rings. The summed E-state index contributed by atoms with van der Waals surface area (Å²) < 4.78 is 1.98. The standard InChI is InChI=1S/C17H23N3/c1-14-6-3-4-8-17(14)15-7-5-11-20(12-15)13-16-9-10-18-19(16)2/h3-4,6,8-10,15H,5,7,11-13H2,1-2H3/t15-/m0/s1. The summed E-state index contributed by atoms with van der Waals surface area (Å²) in [6, 6.07) is 11.0. The third-order valence-corrected chi connectivity index (χ3v) is 4.44. The molecule has 1 saturated heterocycles. The first-order valence-electron chi connectivity index (χ1n) is 7.49. The fraction of sp³-hybridized carbons (Fsp3) is 0.471. The van der Waals surface area contributed by atoms with Gasteiger partial charge in [-0.05, 0) is 49.4 Å². The van der Waals surface area contributed by atoms with Gasteiger partial charge in [-0.3, -0.25) is 9.58 Å². The van der Waals surface area contributed by atoms with E-state index >= 15 is 0 Å². The molecular formula is C17H23N3. The van der Waals surface area contributed by atoms with E-state index in [-0.39, 0.29) is 0 Å². The predicted molar refractivity (Wildman–Crippen MR) is 81.6 cm³/mol. The van der Waals surface area contributed by atoms with Crippen LogP contribution in [0.1, 0.15) is 35.6 Å². The normalized spacial score (nSPS) is 20.2. The Morgan fingerprint density at radius 1 is 1.25 bits per heavy atom. The number of nitrogens with zero attached hydrogens (tertiary/aromatic N) is 3. The van der Waals surface area contributed by atoms with Gasteiger partial charge in [0.2, 0.25) is 0 Å². The second-order valence-electron chi connectivity index (χ2n) is 5.88. The van der Waals surface area contributed by atoms with Gasteiger partial charge >= 0.3 is 0 Å². The van der Waals surface area contributed by atoms with Crippen LogP contribution in [-0.2, 0) is 13.6 Å². The van der Waals surface area contributed by atoms with Gasteiger partial charge in [0.1, 0.15) is 0 Å². The molecule has 0 amide bonds. The molecule has 0 aliphatic carbocycles. The van der Waals surface area contributed by atoms with Crippen molar-refractivity contribution in [2.24, 2.45) is 7.05 Å². The smallest absolute Gasteiger partial charge is 0.0521 e. The largest absolute Gasteiger partial charge is 0.297 e. The molecule has 0 radical (unpaired) electrons. The molecule has 1 atom stereocenters. The van der Waals surface area contributed by atoms with Crippen LogP contribution in [0.5, 0.6) is 0 Å². The van der Waals surface area contributed by atoms with Gasteiger partial charge in [0.05, 0.1) is 5.69 Å². The zero-order valence-corrected chi connectivity index (χ0v) is 12.4. The van der Waals surface area contributed by atoms with E-state index < -0.39 is 0 Å². The predicted octanol–water partition coefficient (Wildman–Crippen LogP) is 3.11. The Hall–Kier alpha value is -1.61. The second-order valence-corrected chi connectivity index (χ2v) is 5.88. The van der Waals surface area contributed by atoms with Gasteiger partial charge in [0.25, 0.3) is 0 Å². The van der Waals surface area contributed by atoms with Crippen molar-refractivity contribution >= 4 is 0 Å². The van der Waals surface area contributed by atoms with Crippen molar-refractivity contribution < 1.29 is 0 Å². The van der Waals surface area contributed by atoms with E-state index in [9.17, 15) is 0 Å². The van der Waals surface area contributed by atoms with Crippen LogP contribution in [0.25, 0.3) is 0 Å². The van der Waals surface area contributed by atoms with Gasteiger partial charge in [-0.2, -0.15) is 5.10 Å². The Morgan fingerprint density at radius 2 is 2.10 bits per heavy atom. The molecule has 3 rings (SSSR count). The van der Waals surface area contributed by atoms with Crippen molar-refractivity contribution in [1.82, 2.24) is 14.7 Å². The molecule has 0 bridgehead atoms. The maximum Gasteiger partial charge on any atom is 0.0521 e. The summed E-state index contributed by atoms with van der Waals surface area (Å²) >= 11 is 0. The average molecular weight is 269 g/mol. The number of likely N-dealkylation sites (tertiary alicyclic amines) is 1. The number of aromatic nitrogens is 2. The highest BCUT2D eigenvalue weighted by Crippen LogP contribution is 2.29. The van der Waals surface area contributed by atoms with Crippen molar-refractivity contribution in [3.63, 3.8) is 0 Å². The van der Waals surface area contributed by atoms with Gasteiger partial charge in [-0.1, -0.05) is 24.3 Å². The minimum atomic E-state index is 0.679. The fourth-order valence-electron chi connectivity index (χ4n) is 3.28. The first kappa shape index (κ1) is 13.4. The highest BCUT2D eigenvalue weighted by atomic mass is 15.3. The molecule has 0 saturated carbocycles. The van der Waals surface area contributed by atoms with Crippen LogP contribution in [-0.4, -0.2) is 27.8 Å². The number of benzene rings is 1. The minimum absolute atomic E-state index is 0.679. The molecule has 106 valence electrons. The summed E-state index contributed by atoms with van der Waals surface area (Å²) in [7, 11) is 2.03.